The summed E-state index contributed by atoms with van der Waals surface area (Å²) in [6.07, 6.45) is 2.11. The highest BCUT2D eigenvalue weighted by atomic mass is 35.5. The predicted molar refractivity (Wildman–Crippen MR) is 132 cm³/mol. The fourth-order valence-corrected chi connectivity index (χ4v) is 3.73. The van der Waals surface area contributed by atoms with E-state index in [-0.39, 0.29) is 18.4 Å². The van der Waals surface area contributed by atoms with Crippen LogP contribution >= 0.6 is 11.6 Å². The minimum atomic E-state index is -0.331. The molecule has 0 aliphatic heterocycles. The van der Waals surface area contributed by atoms with Crippen molar-refractivity contribution in [2.24, 2.45) is 0 Å². The first-order valence-electron chi connectivity index (χ1n) is 11.2. The third kappa shape index (κ3) is 5.88. The highest BCUT2D eigenvalue weighted by Gasteiger charge is 2.22. The molecule has 0 bridgehead atoms. The summed E-state index contributed by atoms with van der Waals surface area (Å²) in [6.45, 7) is 6.57. The number of hydrogen-bond donors (Lipinski definition) is 1. The van der Waals surface area contributed by atoms with Gasteiger partial charge in [0.05, 0.1) is 42.9 Å². The van der Waals surface area contributed by atoms with Crippen molar-refractivity contribution in [3.63, 3.8) is 0 Å². The summed E-state index contributed by atoms with van der Waals surface area (Å²) in [6, 6.07) is 12.4. The average Bonchev–Trinajstić information content (AvgIpc) is 3.24. The summed E-state index contributed by atoms with van der Waals surface area (Å²) in [4.78, 5) is 27.1. The van der Waals surface area contributed by atoms with Gasteiger partial charge >= 0.3 is 0 Å². The van der Waals surface area contributed by atoms with Crippen molar-refractivity contribution >= 4 is 29.1 Å². The Hall–Kier alpha value is -3.52. The van der Waals surface area contributed by atoms with Crippen molar-refractivity contribution in [2.45, 2.75) is 27.2 Å². The number of anilines is 1. The van der Waals surface area contributed by atoms with Crippen molar-refractivity contribution in [3.8, 4) is 17.2 Å². The Morgan fingerprint density at radius 3 is 2.47 bits per heavy atom. The van der Waals surface area contributed by atoms with Crippen molar-refractivity contribution < 1.29 is 19.1 Å². The van der Waals surface area contributed by atoms with Gasteiger partial charge in [-0.15, -0.1) is 0 Å². The second-order valence-electron chi connectivity index (χ2n) is 7.49. The number of benzene rings is 2. The van der Waals surface area contributed by atoms with Crippen molar-refractivity contribution in [1.29, 1.82) is 0 Å². The molecule has 34 heavy (non-hydrogen) atoms. The number of likely N-dealkylation sites (N-methyl/N-ethyl adjacent to an activating group) is 1. The third-order valence-corrected chi connectivity index (χ3v) is 5.28. The smallest absolute Gasteiger partial charge is 0.257 e. The van der Waals surface area contributed by atoms with Crippen LogP contribution in [0.5, 0.6) is 11.5 Å². The number of nitrogens with one attached hydrogen (secondary N) is 1. The molecule has 3 rings (SSSR count). The minimum Gasteiger partial charge on any atom is -0.490 e. The molecule has 180 valence electrons. The summed E-state index contributed by atoms with van der Waals surface area (Å²) in [5, 5.41) is 7.77. The summed E-state index contributed by atoms with van der Waals surface area (Å²) in [5.74, 6) is 0.538. The van der Waals surface area contributed by atoms with E-state index in [0.29, 0.717) is 47.4 Å². The van der Waals surface area contributed by atoms with Crippen molar-refractivity contribution in [3.05, 3.63) is 64.9 Å². The lowest BCUT2D eigenvalue weighted by molar-refractivity contribution is -0.116. The van der Waals surface area contributed by atoms with Crippen LogP contribution < -0.4 is 14.8 Å². The van der Waals surface area contributed by atoms with Crippen LogP contribution in [0.25, 0.3) is 5.69 Å². The van der Waals surface area contributed by atoms with Crippen molar-refractivity contribution in [2.75, 3.05) is 32.1 Å². The van der Waals surface area contributed by atoms with Gasteiger partial charge in [-0.1, -0.05) is 24.6 Å². The largest absolute Gasteiger partial charge is 0.490 e. The molecule has 0 radical (unpaired) electrons. The second-order valence-corrected chi connectivity index (χ2v) is 7.92. The Balaban J connectivity index is 1.71. The van der Waals surface area contributed by atoms with E-state index >= 15 is 0 Å². The van der Waals surface area contributed by atoms with Gasteiger partial charge in [-0.05, 0) is 50.6 Å². The van der Waals surface area contributed by atoms with Crippen LogP contribution in [0, 0.1) is 0 Å². The fraction of sp³-hybridized carbons (Fsp3) is 0.320. The van der Waals surface area contributed by atoms with Crippen LogP contribution in [-0.4, -0.2) is 53.3 Å². The molecule has 0 saturated carbocycles. The molecule has 8 nitrogen and oxygen atoms in total. The Bertz CT molecular complexity index is 1160. The van der Waals surface area contributed by atoms with Gasteiger partial charge in [0.25, 0.3) is 5.91 Å². The Kier molecular flexibility index (Phi) is 8.54. The van der Waals surface area contributed by atoms with Crippen molar-refractivity contribution in [1.82, 2.24) is 14.7 Å². The zero-order valence-corrected chi connectivity index (χ0v) is 20.6. The van der Waals surface area contributed by atoms with Crippen LogP contribution in [0.1, 0.15) is 36.8 Å². The first kappa shape index (κ1) is 25.1. The molecular formula is C25H29ClN4O4. The molecule has 0 aliphatic rings. The number of carbonyl (C=O) groups is 2. The molecule has 0 fully saturated rings. The Labute approximate surface area is 204 Å². The maximum Gasteiger partial charge on any atom is 0.257 e. The number of amides is 2. The highest BCUT2D eigenvalue weighted by molar-refractivity contribution is 6.30. The van der Waals surface area contributed by atoms with Crippen LogP contribution in [0.15, 0.2) is 48.7 Å². The molecule has 0 atom stereocenters. The van der Waals surface area contributed by atoms with Gasteiger partial charge < -0.3 is 19.7 Å². The molecule has 0 saturated heterocycles. The standard InChI is InChI=1S/C25H29ClN4O4/c1-5-21-20(15-27-30(21)19-10-8-9-17(26)13-19)25(32)29(4)16-24(31)28-18-11-12-22(33-6-2)23(14-18)34-7-3/h8-15H,5-7,16H2,1-4H3,(H,28,31). The van der Waals surface area contributed by atoms with Gasteiger partial charge in [0.15, 0.2) is 11.5 Å². The van der Waals surface area contributed by atoms with Crippen LogP contribution in [0.2, 0.25) is 5.02 Å². The summed E-state index contributed by atoms with van der Waals surface area (Å²) >= 11 is 6.11. The maximum absolute atomic E-state index is 13.1. The lowest BCUT2D eigenvalue weighted by Gasteiger charge is -2.18. The highest BCUT2D eigenvalue weighted by Crippen LogP contribution is 2.30. The maximum atomic E-state index is 13.1. The number of rotatable bonds is 10. The SMILES string of the molecule is CCOc1ccc(NC(=O)CN(C)C(=O)c2cnn(-c3cccc(Cl)c3)c2CC)cc1OCC. The number of halogens is 1. The van der Waals surface area contributed by atoms with Gasteiger partial charge in [0.1, 0.15) is 0 Å². The second kappa shape index (κ2) is 11.6. The van der Waals surface area contributed by atoms with E-state index in [0.717, 1.165) is 11.4 Å². The third-order valence-electron chi connectivity index (χ3n) is 5.04. The van der Waals surface area contributed by atoms with Gasteiger partial charge in [-0.2, -0.15) is 5.10 Å². The first-order chi connectivity index (χ1) is 16.4. The molecular weight excluding hydrogens is 456 g/mol. The molecule has 1 heterocycles. The number of nitrogens with zero attached hydrogens (tertiary/aromatic N) is 3. The predicted octanol–water partition coefficient (Wildman–Crippen LogP) is 4.60. The van der Waals surface area contributed by atoms with Gasteiger partial charge in [-0.3, -0.25) is 9.59 Å². The molecule has 1 aromatic heterocycles. The average molecular weight is 485 g/mol. The monoisotopic (exact) mass is 484 g/mol. The lowest BCUT2D eigenvalue weighted by atomic mass is 10.1. The van der Waals surface area contributed by atoms with E-state index < -0.39 is 0 Å². The van der Waals surface area contributed by atoms with Gasteiger partial charge in [0, 0.05) is 23.8 Å². The number of aromatic nitrogens is 2. The Morgan fingerprint density at radius 1 is 1.06 bits per heavy atom. The number of hydrogen-bond acceptors (Lipinski definition) is 5. The number of ether oxygens (including phenoxy) is 2. The zero-order chi connectivity index (χ0) is 24.7. The summed E-state index contributed by atoms with van der Waals surface area (Å²) in [7, 11) is 1.59. The van der Waals surface area contributed by atoms with Crippen LogP contribution in [0.3, 0.4) is 0 Å². The van der Waals surface area contributed by atoms with E-state index in [1.807, 2.05) is 32.9 Å². The molecule has 2 amide bonds. The quantitative estimate of drug-likeness (QED) is 0.454. The molecule has 0 unspecified atom stereocenters. The summed E-state index contributed by atoms with van der Waals surface area (Å²) in [5.41, 5.74) is 2.51. The zero-order valence-electron chi connectivity index (χ0n) is 19.8. The molecule has 1 N–H and O–H groups in total. The number of carbonyl (C=O) groups excluding carboxylic acids is 2. The first-order valence-corrected chi connectivity index (χ1v) is 11.5. The van der Waals surface area contributed by atoms with Crippen LogP contribution in [-0.2, 0) is 11.2 Å². The molecule has 3 aromatic rings. The fourth-order valence-electron chi connectivity index (χ4n) is 3.55. The topological polar surface area (TPSA) is 85.7 Å². The normalized spacial score (nSPS) is 10.6. The molecule has 9 heteroatoms. The van der Waals surface area contributed by atoms with E-state index in [1.54, 1.807) is 42.1 Å². The van der Waals surface area contributed by atoms with Crippen LogP contribution in [0.4, 0.5) is 5.69 Å². The van der Waals surface area contributed by atoms with E-state index in [2.05, 4.69) is 10.4 Å². The summed E-state index contributed by atoms with van der Waals surface area (Å²) < 4.78 is 12.8. The Morgan fingerprint density at radius 2 is 1.79 bits per heavy atom. The van der Waals surface area contributed by atoms with Gasteiger partial charge in [-0.25, -0.2) is 4.68 Å². The molecule has 0 aliphatic carbocycles. The lowest BCUT2D eigenvalue weighted by Crippen LogP contribution is -2.35. The molecule has 2 aromatic carbocycles. The molecule has 0 spiro atoms. The van der Waals surface area contributed by atoms with E-state index in [4.69, 9.17) is 21.1 Å². The minimum absolute atomic E-state index is 0.123. The van der Waals surface area contributed by atoms with E-state index in [1.165, 1.54) is 11.1 Å². The van der Waals surface area contributed by atoms with E-state index in [9.17, 15) is 9.59 Å². The van der Waals surface area contributed by atoms with Gasteiger partial charge in [0.2, 0.25) is 5.91 Å².